The van der Waals surface area contributed by atoms with Gasteiger partial charge in [0.15, 0.2) is 9.04 Å². The predicted molar refractivity (Wildman–Crippen MR) is 58.6 cm³/mol. The number of hydrogen-bond acceptors (Lipinski definition) is 1. The van der Waals surface area contributed by atoms with Crippen molar-refractivity contribution in [3.05, 3.63) is 0 Å². The van der Waals surface area contributed by atoms with Gasteiger partial charge in [0.1, 0.15) is 0 Å². The van der Waals surface area contributed by atoms with Gasteiger partial charge in [-0.15, -0.1) is 0 Å². The zero-order valence-electron chi connectivity index (χ0n) is 8.63. The fourth-order valence-corrected chi connectivity index (χ4v) is 6.11. The van der Waals surface area contributed by atoms with E-state index in [9.17, 15) is 0 Å². The Labute approximate surface area is 83.6 Å². The largest absolute Gasteiger partial charge is 0.420 e. The van der Waals surface area contributed by atoms with Gasteiger partial charge < -0.3 is 4.43 Å². The van der Waals surface area contributed by atoms with Crippen molar-refractivity contribution >= 4 is 9.04 Å². The number of rotatable bonds is 1. The van der Waals surface area contributed by atoms with E-state index in [1.807, 2.05) is 0 Å². The molecule has 0 amide bonds. The lowest BCUT2D eigenvalue weighted by Gasteiger charge is -2.28. The third-order valence-electron chi connectivity index (χ3n) is 3.64. The van der Waals surface area contributed by atoms with Crippen LogP contribution in [0, 0.1) is 0 Å². The second kappa shape index (κ2) is 5.16. The predicted octanol–water partition coefficient (Wildman–Crippen LogP) is 3.25. The van der Waals surface area contributed by atoms with Gasteiger partial charge in [-0.2, -0.15) is 0 Å². The van der Waals surface area contributed by atoms with Crippen LogP contribution in [0.4, 0.5) is 0 Å². The molecule has 0 spiro atoms. The Balaban J connectivity index is 1.82. The first-order valence-electron chi connectivity index (χ1n) is 6.08. The number of hydrogen-bond donors (Lipinski definition) is 0. The van der Waals surface area contributed by atoms with E-state index in [0.717, 1.165) is 12.1 Å². The molecule has 0 radical (unpaired) electrons. The van der Waals surface area contributed by atoms with Crippen LogP contribution >= 0.6 is 0 Å². The lowest BCUT2D eigenvalue weighted by molar-refractivity contribution is 0.276. The van der Waals surface area contributed by atoms with E-state index >= 15 is 0 Å². The Morgan fingerprint density at radius 2 is 1.62 bits per heavy atom. The standard InChI is InChI=1S/C11H22OSi/c1-2-4-8-11(7-3-1)13-10-6-5-9-12-13/h11,13H,1-10H2. The minimum absolute atomic E-state index is 0.736. The Hall–Kier alpha value is 0.177. The molecule has 1 unspecified atom stereocenters. The van der Waals surface area contributed by atoms with Crippen LogP contribution in [-0.4, -0.2) is 15.6 Å². The molecule has 0 aromatic heterocycles. The molecule has 1 atom stereocenters. The van der Waals surface area contributed by atoms with Crippen molar-refractivity contribution in [3.8, 4) is 0 Å². The quantitative estimate of drug-likeness (QED) is 0.464. The second-order valence-electron chi connectivity index (χ2n) is 4.66. The summed E-state index contributed by atoms with van der Waals surface area (Å²) in [6.45, 7) is 1.09. The minimum Gasteiger partial charge on any atom is -0.420 e. The van der Waals surface area contributed by atoms with E-state index in [-0.39, 0.29) is 0 Å². The molecule has 0 N–H and O–H groups in total. The van der Waals surface area contributed by atoms with Crippen LogP contribution in [0.1, 0.15) is 51.4 Å². The summed E-state index contributed by atoms with van der Waals surface area (Å²) < 4.78 is 6.01. The van der Waals surface area contributed by atoms with Gasteiger partial charge in [-0.1, -0.05) is 44.9 Å². The maximum atomic E-state index is 6.01. The first-order valence-corrected chi connectivity index (χ1v) is 8.04. The van der Waals surface area contributed by atoms with Gasteiger partial charge in [-0.3, -0.25) is 0 Å². The SMILES string of the molecule is C1CCCC([SiH]2CCCCO2)CC1. The summed E-state index contributed by atoms with van der Waals surface area (Å²) in [5.74, 6) is 0. The smallest absolute Gasteiger partial charge is 0.179 e. The monoisotopic (exact) mass is 198 g/mol. The topological polar surface area (TPSA) is 9.23 Å². The molecule has 1 heterocycles. The molecule has 2 fully saturated rings. The molecule has 1 nitrogen and oxygen atoms in total. The normalized spacial score (nSPS) is 32.8. The molecule has 13 heavy (non-hydrogen) atoms. The first kappa shape index (κ1) is 9.72. The lowest BCUT2D eigenvalue weighted by Crippen LogP contribution is -2.28. The maximum Gasteiger partial charge on any atom is 0.179 e. The van der Waals surface area contributed by atoms with Crippen LogP contribution < -0.4 is 0 Å². The van der Waals surface area contributed by atoms with Gasteiger partial charge in [-0.05, 0) is 18.0 Å². The van der Waals surface area contributed by atoms with Gasteiger partial charge in [0.05, 0.1) is 0 Å². The van der Waals surface area contributed by atoms with E-state index in [1.165, 1.54) is 57.4 Å². The molecule has 0 aromatic rings. The Kier molecular flexibility index (Phi) is 3.86. The van der Waals surface area contributed by atoms with Crippen LogP contribution in [0.2, 0.25) is 11.6 Å². The van der Waals surface area contributed by atoms with Crippen LogP contribution in [0.3, 0.4) is 0 Å². The van der Waals surface area contributed by atoms with Gasteiger partial charge >= 0.3 is 0 Å². The summed E-state index contributed by atoms with van der Waals surface area (Å²) in [6, 6.07) is 1.48. The molecular weight excluding hydrogens is 176 g/mol. The van der Waals surface area contributed by atoms with Crippen molar-refractivity contribution in [1.29, 1.82) is 0 Å². The van der Waals surface area contributed by atoms with Crippen molar-refractivity contribution in [1.82, 2.24) is 0 Å². The molecule has 0 aromatic carbocycles. The highest BCUT2D eigenvalue weighted by molar-refractivity contribution is 6.53. The van der Waals surface area contributed by atoms with Gasteiger partial charge in [0.25, 0.3) is 0 Å². The molecule has 1 saturated heterocycles. The van der Waals surface area contributed by atoms with E-state index in [0.29, 0.717) is 0 Å². The summed E-state index contributed by atoms with van der Waals surface area (Å²) in [5.41, 5.74) is 1.04. The van der Waals surface area contributed by atoms with Crippen molar-refractivity contribution in [2.75, 3.05) is 6.61 Å². The average Bonchev–Trinajstić information content (AvgIpc) is 2.47. The molecular formula is C11H22OSi. The van der Waals surface area contributed by atoms with E-state index < -0.39 is 9.04 Å². The Morgan fingerprint density at radius 3 is 2.23 bits per heavy atom. The summed E-state index contributed by atoms with van der Waals surface area (Å²) >= 11 is 0. The fourth-order valence-electron chi connectivity index (χ4n) is 2.82. The van der Waals surface area contributed by atoms with Crippen molar-refractivity contribution < 1.29 is 4.43 Å². The van der Waals surface area contributed by atoms with Gasteiger partial charge in [0.2, 0.25) is 0 Å². The molecule has 1 aliphatic heterocycles. The third-order valence-corrected chi connectivity index (χ3v) is 7.00. The second-order valence-corrected chi connectivity index (χ2v) is 7.59. The summed E-state index contributed by atoms with van der Waals surface area (Å²) in [6.07, 6.45) is 11.7. The van der Waals surface area contributed by atoms with Crippen LogP contribution in [-0.2, 0) is 4.43 Å². The van der Waals surface area contributed by atoms with E-state index in [4.69, 9.17) is 4.43 Å². The molecule has 2 heteroatoms. The Morgan fingerprint density at radius 1 is 0.846 bits per heavy atom. The molecule has 76 valence electrons. The van der Waals surface area contributed by atoms with E-state index in [2.05, 4.69) is 0 Å². The molecule has 2 aliphatic rings. The van der Waals surface area contributed by atoms with Crippen molar-refractivity contribution in [3.63, 3.8) is 0 Å². The fraction of sp³-hybridized carbons (Fsp3) is 1.00. The summed E-state index contributed by atoms with van der Waals surface area (Å²) in [4.78, 5) is 0. The summed E-state index contributed by atoms with van der Waals surface area (Å²) in [5, 5.41) is 0. The highest BCUT2D eigenvalue weighted by Crippen LogP contribution is 2.33. The van der Waals surface area contributed by atoms with Crippen molar-refractivity contribution in [2.45, 2.75) is 63.0 Å². The molecule has 1 saturated carbocycles. The first-order chi connectivity index (χ1) is 6.47. The van der Waals surface area contributed by atoms with Gasteiger partial charge in [0, 0.05) is 6.61 Å². The zero-order chi connectivity index (χ0) is 8.93. The van der Waals surface area contributed by atoms with Crippen molar-refractivity contribution in [2.24, 2.45) is 0 Å². The Bertz CT molecular complexity index is 135. The van der Waals surface area contributed by atoms with Crippen LogP contribution in [0.5, 0.6) is 0 Å². The van der Waals surface area contributed by atoms with E-state index in [1.54, 1.807) is 0 Å². The summed E-state index contributed by atoms with van der Waals surface area (Å²) in [7, 11) is -0.736. The lowest BCUT2D eigenvalue weighted by atomic mass is 10.2. The van der Waals surface area contributed by atoms with Crippen LogP contribution in [0.25, 0.3) is 0 Å². The highest BCUT2D eigenvalue weighted by Gasteiger charge is 2.26. The molecule has 2 rings (SSSR count). The highest BCUT2D eigenvalue weighted by atomic mass is 28.3. The minimum atomic E-state index is -0.736. The molecule has 0 bridgehead atoms. The zero-order valence-corrected chi connectivity index (χ0v) is 9.79. The molecule has 1 aliphatic carbocycles. The third kappa shape index (κ3) is 2.81. The van der Waals surface area contributed by atoms with Gasteiger partial charge in [-0.25, -0.2) is 0 Å². The maximum absolute atomic E-state index is 6.01. The average molecular weight is 198 g/mol. The van der Waals surface area contributed by atoms with Crippen LogP contribution in [0.15, 0.2) is 0 Å².